The van der Waals surface area contributed by atoms with E-state index in [0.29, 0.717) is 43.0 Å². The smallest absolute Gasteiger partial charge is 0.308 e. The standard InChI is InChI=1S/C27H28N2O5/c1-19-8-14-24(15-9-19)33-16-4-7-26(31)28-18-21-10-12-23(13-11-21)29-27(32)22-5-3-6-25(17-22)34-20(2)30/h3,5-6,8-15,17H,4,7,16,18H2,1-2H3,(H,28,31)(H,29,32). The average molecular weight is 461 g/mol. The van der Waals surface area contributed by atoms with Gasteiger partial charge in [0.1, 0.15) is 11.5 Å². The molecule has 2 amide bonds. The first-order valence-corrected chi connectivity index (χ1v) is 11.0. The van der Waals surface area contributed by atoms with Crippen molar-refractivity contribution in [3.8, 4) is 11.5 Å². The number of hydrogen-bond donors (Lipinski definition) is 2. The number of aryl methyl sites for hydroxylation is 1. The Labute approximate surface area is 199 Å². The Morgan fingerprint density at radius 2 is 1.62 bits per heavy atom. The molecule has 7 nitrogen and oxygen atoms in total. The number of ether oxygens (including phenoxy) is 2. The molecule has 0 aliphatic heterocycles. The van der Waals surface area contributed by atoms with Crippen LogP contribution in [-0.4, -0.2) is 24.4 Å². The molecule has 0 aliphatic rings. The highest BCUT2D eigenvalue weighted by Gasteiger charge is 2.09. The quantitative estimate of drug-likeness (QED) is 0.261. The van der Waals surface area contributed by atoms with Crippen molar-refractivity contribution in [3.63, 3.8) is 0 Å². The van der Waals surface area contributed by atoms with Crippen molar-refractivity contribution in [2.24, 2.45) is 0 Å². The fraction of sp³-hybridized carbons (Fsp3) is 0.222. The number of anilines is 1. The van der Waals surface area contributed by atoms with E-state index in [9.17, 15) is 14.4 Å². The minimum Gasteiger partial charge on any atom is -0.494 e. The maximum atomic E-state index is 12.5. The fourth-order valence-electron chi connectivity index (χ4n) is 3.12. The molecule has 2 N–H and O–H groups in total. The Hall–Kier alpha value is -4.13. The minimum absolute atomic E-state index is 0.0439. The number of carbonyl (C=O) groups is 3. The van der Waals surface area contributed by atoms with Crippen molar-refractivity contribution < 1.29 is 23.9 Å². The normalized spacial score (nSPS) is 10.3. The lowest BCUT2D eigenvalue weighted by Gasteiger charge is -2.09. The molecular weight excluding hydrogens is 432 g/mol. The van der Waals surface area contributed by atoms with Crippen molar-refractivity contribution in [2.75, 3.05) is 11.9 Å². The number of nitrogens with one attached hydrogen (secondary N) is 2. The SMILES string of the molecule is CC(=O)Oc1cccc(C(=O)Nc2ccc(CNC(=O)CCCOc3ccc(C)cc3)cc2)c1. The Morgan fingerprint density at radius 3 is 2.32 bits per heavy atom. The molecule has 0 aliphatic carbocycles. The van der Waals surface area contributed by atoms with Crippen LogP contribution in [0, 0.1) is 6.92 Å². The molecule has 0 unspecified atom stereocenters. The summed E-state index contributed by atoms with van der Waals surface area (Å²) in [5.74, 6) is 0.305. The molecule has 0 bridgehead atoms. The summed E-state index contributed by atoms with van der Waals surface area (Å²) >= 11 is 0. The number of carbonyl (C=O) groups excluding carboxylic acids is 3. The molecular formula is C27H28N2O5. The van der Waals surface area contributed by atoms with Crippen LogP contribution in [0.15, 0.2) is 72.8 Å². The molecule has 7 heteroatoms. The first-order valence-electron chi connectivity index (χ1n) is 11.0. The van der Waals surface area contributed by atoms with Crippen molar-refractivity contribution in [1.82, 2.24) is 5.32 Å². The van der Waals surface area contributed by atoms with E-state index in [1.54, 1.807) is 30.3 Å². The molecule has 0 saturated heterocycles. The van der Waals surface area contributed by atoms with Gasteiger partial charge in [-0.1, -0.05) is 35.9 Å². The summed E-state index contributed by atoms with van der Waals surface area (Å²) in [6.07, 6.45) is 1.01. The van der Waals surface area contributed by atoms with Crippen LogP contribution in [0.3, 0.4) is 0 Å². The summed E-state index contributed by atoms with van der Waals surface area (Å²) in [7, 11) is 0. The van der Waals surface area contributed by atoms with Crippen LogP contribution in [0.2, 0.25) is 0 Å². The summed E-state index contributed by atoms with van der Waals surface area (Å²) in [5, 5.41) is 5.69. The monoisotopic (exact) mass is 460 g/mol. The molecule has 34 heavy (non-hydrogen) atoms. The van der Waals surface area contributed by atoms with Crippen LogP contribution in [-0.2, 0) is 16.1 Å². The molecule has 0 fully saturated rings. The maximum absolute atomic E-state index is 12.5. The van der Waals surface area contributed by atoms with Gasteiger partial charge in [0.15, 0.2) is 0 Å². The molecule has 3 rings (SSSR count). The Kier molecular flexibility index (Phi) is 8.80. The zero-order valence-electron chi connectivity index (χ0n) is 19.3. The molecule has 0 radical (unpaired) electrons. The van der Waals surface area contributed by atoms with Crippen molar-refractivity contribution in [3.05, 3.63) is 89.5 Å². The Bertz CT molecular complexity index is 1120. The van der Waals surface area contributed by atoms with E-state index < -0.39 is 5.97 Å². The second-order valence-corrected chi connectivity index (χ2v) is 7.81. The molecule has 0 heterocycles. The highest BCUT2D eigenvalue weighted by Crippen LogP contribution is 2.16. The second-order valence-electron chi connectivity index (χ2n) is 7.81. The van der Waals surface area contributed by atoms with Crippen LogP contribution in [0.5, 0.6) is 11.5 Å². The second kappa shape index (κ2) is 12.2. The van der Waals surface area contributed by atoms with Crippen LogP contribution in [0.4, 0.5) is 5.69 Å². The molecule has 3 aromatic carbocycles. The maximum Gasteiger partial charge on any atom is 0.308 e. The fourth-order valence-corrected chi connectivity index (χ4v) is 3.12. The lowest BCUT2D eigenvalue weighted by molar-refractivity contribution is -0.131. The first-order chi connectivity index (χ1) is 16.4. The third kappa shape index (κ3) is 8.09. The van der Waals surface area contributed by atoms with Gasteiger partial charge in [0.2, 0.25) is 5.91 Å². The van der Waals surface area contributed by atoms with E-state index in [0.717, 1.165) is 11.3 Å². The topological polar surface area (TPSA) is 93.7 Å². The highest BCUT2D eigenvalue weighted by molar-refractivity contribution is 6.04. The number of amides is 2. The molecule has 0 spiro atoms. The van der Waals surface area contributed by atoms with Gasteiger partial charge in [-0.05, 0) is 61.4 Å². The zero-order valence-corrected chi connectivity index (χ0v) is 19.3. The Balaban J connectivity index is 1.39. The van der Waals surface area contributed by atoms with E-state index in [1.165, 1.54) is 18.6 Å². The van der Waals surface area contributed by atoms with E-state index in [2.05, 4.69) is 10.6 Å². The summed E-state index contributed by atoms with van der Waals surface area (Å²) < 4.78 is 10.6. The van der Waals surface area contributed by atoms with Gasteiger partial charge in [0, 0.05) is 31.1 Å². The van der Waals surface area contributed by atoms with Gasteiger partial charge < -0.3 is 20.1 Å². The number of benzene rings is 3. The number of rotatable bonds is 10. The van der Waals surface area contributed by atoms with Gasteiger partial charge in [-0.3, -0.25) is 14.4 Å². The van der Waals surface area contributed by atoms with E-state index in [4.69, 9.17) is 9.47 Å². The largest absolute Gasteiger partial charge is 0.494 e. The molecule has 0 atom stereocenters. The average Bonchev–Trinajstić information content (AvgIpc) is 2.82. The van der Waals surface area contributed by atoms with Gasteiger partial charge in [-0.15, -0.1) is 0 Å². The first kappa shape index (κ1) is 24.5. The third-order valence-corrected chi connectivity index (χ3v) is 4.90. The van der Waals surface area contributed by atoms with Crippen LogP contribution < -0.4 is 20.1 Å². The third-order valence-electron chi connectivity index (χ3n) is 4.90. The summed E-state index contributed by atoms with van der Waals surface area (Å²) in [6.45, 7) is 4.20. The summed E-state index contributed by atoms with van der Waals surface area (Å²) in [5.41, 5.74) is 3.08. The molecule has 176 valence electrons. The van der Waals surface area contributed by atoms with Crippen molar-refractivity contribution >= 4 is 23.5 Å². The minimum atomic E-state index is -0.448. The van der Waals surface area contributed by atoms with Crippen LogP contribution in [0.1, 0.15) is 41.3 Å². The molecule has 0 aromatic heterocycles. The zero-order chi connectivity index (χ0) is 24.3. The lowest BCUT2D eigenvalue weighted by Crippen LogP contribution is -2.23. The van der Waals surface area contributed by atoms with Crippen molar-refractivity contribution in [2.45, 2.75) is 33.2 Å². The highest BCUT2D eigenvalue weighted by atomic mass is 16.5. The predicted octanol–water partition coefficient (Wildman–Crippen LogP) is 4.65. The number of hydrogen-bond acceptors (Lipinski definition) is 5. The van der Waals surface area contributed by atoms with Gasteiger partial charge >= 0.3 is 5.97 Å². The van der Waals surface area contributed by atoms with Gasteiger partial charge in [-0.25, -0.2) is 0 Å². The predicted molar refractivity (Wildman–Crippen MR) is 130 cm³/mol. The van der Waals surface area contributed by atoms with E-state index >= 15 is 0 Å². The van der Waals surface area contributed by atoms with Gasteiger partial charge in [-0.2, -0.15) is 0 Å². The van der Waals surface area contributed by atoms with E-state index in [1.807, 2.05) is 43.3 Å². The lowest BCUT2D eigenvalue weighted by atomic mass is 10.1. The van der Waals surface area contributed by atoms with Gasteiger partial charge in [0.05, 0.1) is 6.61 Å². The van der Waals surface area contributed by atoms with Crippen LogP contribution in [0.25, 0.3) is 0 Å². The number of esters is 1. The summed E-state index contributed by atoms with van der Waals surface area (Å²) in [6, 6.07) is 21.4. The van der Waals surface area contributed by atoms with Crippen LogP contribution >= 0.6 is 0 Å². The molecule has 3 aromatic rings. The molecule has 0 saturated carbocycles. The summed E-state index contributed by atoms with van der Waals surface area (Å²) in [4.78, 5) is 35.6. The van der Waals surface area contributed by atoms with Gasteiger partial charge in [0.25, 0.3) is 5.91 Å². The Morgan fingerprint density at radius 1 is 0.882 bits per heavy atom. The van der Waals surface area contributed by atoms with Crippen molar-refractivity contribution in [1.29, 1.82) is 0 Å². The van der Waals surface area contributed by atoms with E-state index in [-0.39, 0.29) is 11.8 Å².